The summed E-state index contributed by atoms with van der Waals surface area (Å²) in [5.41, 5.74) is 0.200. The van der Waals surface area contributed by atoms with Crippen molar-refractivity contribution in [3.05, 3.63) is 0 Å². The molecule has 0 radical (unpaired) electrons. The van der Waals surface area contributed by atoms with Crippen molar-refractivity contribution in [2.75, 3.05) is 19.0 Å². The lowest BCUT2D eigenvalue weighted by Gasteiger charge is -2.37. The first-order valence-corrected chi connectivity index (χ1v) is 6.47. The van der Waals surface area contributed by atoms with E-state index in [0.29, 0.717) is 19.0 Å². The summed E-state index contributed by atoms with van der Waals surface area (Å²) in [6.07, 6.45) is 1.02. The lowest BCUT2D eigenvalue weighted by atomic mass is 10.1. The van der Waals surface area contributed by atoms with Crippen molar-refractivity contribution >= 4 is 17.5 Å². The van der Waals surface area contributed by atoms with Crippen LogP contribution in [-0.2, 0) is 9.53 Å². The highest BCUT2D eigenvalue weighted by atomic mass is 35.5. The fraction of sp³-hybridized carbons (Fsp3) is 0.917. The van der Waals surface area contributed by atoms with E-state index in [4.69, 9.17) is 16.3 Å². The van der Waals surface area contributed by atoms with E-state index in [1.807, 2.05) is 11.8 Å². The maximum absolute atomic E-state index is 12.3. The Hall–Kier alpha value is -0.280. The van der Waals surface area contributed by atoms with Crippen LogP contribution in [0.1, 0.15) is 27.2 Å². The number of morpholine rings is 1. The van der Waals surface area contributed by atoms with Gasteiger partial charge in [0.1, 0.15) is 0 Å². The van der Waals surface area contributed by atoms with E-state index in [-0.39, 0.29) is 29.4 Å². The number of hydrogen-bond acceptors (Lipinski definition) is 2. The Morgan fingerprint density at radius 3 is 2.69 bits per heavy atom. The van der Waals surface area contributed by atoms with E-state index >= 15 is 0 Å². The Morgan fingerprint density at radius 1 is 1.56 bits per heavy atom. The van der Waals surface area contributed by atoms with E-state index in [0.717, 1.165) is 6.42 Å². The molecule has 3 atom stereocenters. The van der Waals surface area contributed by atoms with Crippen LogP contribution in [0.5, 0.6) is 0 Å². The van der Waals surface area contributed by atoms with Gasteiger partial charge in [0, 0.05) is 12.5 Å². The van der Waals surface area contributed by atoms with Gasteiger partial charge in [0.05, 0.1) is 24.6 Å². The minimum absolute atomic E-state index is 0.00341. The fourth-order valence-electron chi connectivity index (χ4n) is 2.31. The number of halogens is 1. The Balaban J connectivity index is 1.99. The van der Waals surface area contributed by atoms with E-state index < -0.39 is 0 Å². The third kappa shape index (κ3) is 2.21. The molecule has 2 fully saturated rings. The molecule has 1 saturated heterocycles. The molecule has 1 heterocycles. The second kappa shape index (κ2) is 4.19. The topological polar surface area (TPSA) is 29.5 Å². The maximum Gasteiger partial charge on any atom is 0.226 e. The number of carbonyl (C=O) groups excluding carboxylic acids is 1. The molecule has 4 heteroatoms. The number of rotatable bonds is 2. The first-order valence-electron chi connectivity index (χ1n) is 5.94. The first-order chi connectivity index (χ1) is 7.45. The van der Waals surface area contributed by atoms with Crippen LogP contribution in [-0.4, -0.2) is 42.0 Å². The molecule has 0 aromatic heterocycles. The Morgan fingerprint density at radius 2 is 2.19 bits per heavy atom. The third-order valence-electron chi connectivity index (χ3n) is 3.77. The van der Waals surface area contributed by atoms with Crippen LogP contribution in [0.25, 0.3) is 0 Å². The number of carbonyl (C=O) groups is 1. The number of alkyl halides is 1. The van der Waals surface area contributed by atoms with Crippen molar-refractivity contribution in [2.45, 2.75) is 39.3 Å². The van der Waals surface area contributed by atoms with E-state index in [1.165, 1.54) is 0 Å². The van der Waals surface area contributed by atoms with Gasteiger partial charge in [0.15, 0.2) is 0 Å². The second-order valence-electron chi connectivity index (χ2n) is 5.69. The molecule has 2 aliphatic rings. The molecule has 1 saturated carbocycles. The number of ether oxygens (including phenoxy) is 1. The number of nitrogens with zero attached hydrogens (tertiary/aromatic N) is 1. The van der Waals surface area contributed by atoms with Crippen molar-refractivity contribution in [3.8, 4) is 0 Å². The van der Waals surface area contributed by atoms with E-state index in [1.54, 1.807) is 0 Å². The summed E-state index contributed by atoms with van der Waals surface area (Å²) in [4.78, 5) is 14.2. The second-order valence-corrected chi connectivity index (χ2v) is 6.00. The number of amides is 1. The zero-order valence-electron chi connectivity index (χ0n) is 10.2. The van der Waals surface area contributed by atoms with Gasteiger partial charge in [0.2, 0.25) is 5.91 Å². The molecule has 2 rings (SSSR count). The highest BCUT2D eigenvalue weighted by Gasteiger charge is 2.52. The highest BCUT2D eigenvalue weighted by Crippen LogP contribution is 2.52. The molecule has 0 spiro atoms. The summed E-state index contributed by atoms with van der Waals surface area (Å²) < 4.78 is 5.55. The van der Waals surface area contributed by atoms with Gasteiger partial charge in [-0.3, -0.25) is 4.79 Å². The summed E-state index contributed by atoms with van der Waals surface area (Å²) in [7, 11) is 0. The summed E-state index contributed by atoms with van der Waals surface area (Å²) in [6.45, 7) is 7.60. The van der Waals surface area contributed by atoms with Gasteiger partial charge in [-0.05, 0) is 18.8 Å². The predicted molar refractivity (Wildman–Crippen MR) is 63.5 cm³/mol. The molecular formula is C12H20ClNO2. The molecule has 3 nitrogen and oxygen atoms in total. The molecule has 1 amide bonds. The van der Waals surface area contributed by atoms with Crippen LogP contribution < -0.4 is 0 Å². The molecule has 0 aromatic carbocycles. The molecule has 0 N–H and O–H groups in total. The molecule has 92 valence electrons. The molecule has 0 aromatic rings. The standard InChI is InChI=1S/C12H20ClNO2/c1-8-7-16-9(5-13)6-14(8)11(15)10-4-12(10,2)3/h8-10H,4-7H2,1-3H3. The van der Waals surface area contributed by atoms with Gasteiger partial charge in [0.25, 0.3) is 0 Å². The van der Waals surface area contributed by atoms with Crippen LogP contribution >= 0.6 is 11.6 Å². The van der Waals surface area contributed by atoms with Crippen molar-refractivity contribution in [1.29, 1.82) is 0 Å². The fourth-order valence-corrected chi connectivity index (χ4v) is 2.49. The Labute approximate surface area is 102 Å². The summed E-state index contributed by atoms with van der Waals surface area (Å²) in [6, 6.07) is 0.184. The van der Waals surface area contributed by atoms with E-state index in [2.05, 4.69) is 13.8 Å². The van der Waals surface area contributed by atoms with Gasteiger partial charge in [-0.2, -0.15) is 0 Å². The average Bonchev–Trinajstić information content (AvgIpc) is 2.87. The lowest BCUT2D eigenvalue weighted by Crippen LogP contribution is -2.52. The van der Waals surface area contributed by atoms with Crippen LogP contribution in [0.15, 0.2) is 0 Å². The van der Waals surface area contributed by atoms with Crippen LogP contribution in [0.4, 0.5) is 0 Å². The smallest absolute Gasteiger partial charge is 0.226 e. The average molecular weight is 246 g/mol. The maximum atomic E-state index is 12.3. The summed E-state index contributed by atoms with van der Waals surface area (Å²) in [5.74, 6) is 0.963. The molecular weight excluding hydrogens is 226 g/mol. The van der Waals surface area contributed by atoms with Gasteiger partial charge in [-0.25, -0.2) is 0 Å². The normalized spacial score (nSPS) is 37.2. The van der Waals surface area contributed by atoms with Crippen LogP contribution in [0.2, 0.25) is 0 Å². The van der Waals surface area contributed by atoms with Crippen molar-refractivity contribution < 1.29 is 9.53 Å². The largest absolute Gasteiger partial charge is 0.373 e. The van der Waals surface area contributed by atoms with Crippen molar-refractivity contribution in [2.24, 2.45) is 11.3 Å². The SMILES string of the molecule is CC1COC(CCl)CN1C(=O)C1CC1(C)C. The molecule has 3 unspecified atom stereocenters. The Bertz CT molecular complexity index is 293. The molecule has 0 bridgehead atoms. The van der Waals surface area contributed by atoms with Crippen LogP contribution in [0, 0.1) is 11.3 Å². The van der Waals surface area contributed by atoms with E-state index in [9.17, 15) is 4.79 Å². The lowest BCUT2D eigenvalue weighted by molar-refractivity contribution is -0.145. The zero-order valence-corrected chi connectivity index (χ0v) is 11.0. The highest BCUT2D eigenvalue weighted by molar-refractivity contribution is 6.18. The monoisotopic (exact) mass is 245 g/mol. The summed E-state index contributed by atoms with van der Waals surface area (Å²) >= 11 is 5.79. The first kappa shape index (κ1) is 12.2. The van der Waals surface area contributed by atoms with Gasteiger partial charge in [-0.1, -0.05) is 13.8 Å². The minimum atomic E-state index is 0.00341. The number of hydrogen-bond donors (Lipinski definition) is 0. The Kier molecular flexibility index (Phi) is 3.19. The third-order valence-corrected chi connectivity index (χ3v) is 4.12. The minimum Gasteiger partial charge on any atom is -0.373 e. The van der Waals surface area contributed by atoms with Crippen molar-refractivity contribution in [3.63, 3.8) is 0 Å². The zero-order chi connectivity index (χ0) is 11.9. The predicted octanol–water partition coefficient (Wildman–Crippen LogP) is 1.89. The van der Waals surface area contributed by atoms with Gasteiger partial charge in [-0.15, -0.1) is 11.6 Å². The summed E-state index contributed by atoms with van der Waals surface area (Å²) in [5, 5.41) is 0. The molecule has 1 aliphatic carbocycles. The van der Waals surface area contributed by atoms with Crippen molar-refractivity contribution in [1.82, 2.24) is 4.90 Å². The van der Waals surface area contributed by atoms with Gasteiger partial charge >= 0.3 is 0 Å². The molecule has 1 aliphatic heterocycles. The quantitative estimate of drug-likeness (QED) is 0.696. The molecule has 16 heavy (non-hydrogen) atoms. The van der Waals surface area contributed by atoms with Gasteiger partial charge < -0.3 is 9.64 Å². The van der Waals surface area contributed by atoms with Crippen LogP contribution in [0.3, 0.4) is 0 Å².